The lowest BCUT2D eigenvalue weighted by molar-refractivity contribution is 0.249. The first kappa shape index (κ1) is 17.7. The topological polar surface area (TPSA) is 36.7 Å². The van der Waals surface area contributed by atoms with Gasteiger partial charge in [0.25, 0.3) is 0 Å². The molecule has 0 atom stereocenters. The fourth-order valence-corrected chi connectivity index (χ4v) is 3.91. The molecule has 140 valence electrons. The molecule has 4 rings (SSSR count). The molecule has 1 saturated heterocycles. The molecule has 1 aromatic heterocycles. The average Bonchev–Trinajstić information content (AvgIpc) is 2.64. The SMILES string of the molecule is Cc1cc(C)c2oc(=O)cc(CN3CCN(c4ccccc4F)CC3)c2c1. The summed E-state index contributed by atoms with van der Waals surface area (Å²) in [7, 11) is 0. The Morgan fingerprint density at radius 2 is 1.78 bits per heavy atom. The van der Waals surface area contributed by atoms with Crippen molar-refractivity contribution in [3.63, 3.8) is 0 Å². The van der Waals surface area contributed by atoms with E-state index in [0.717, 1.165) is 48.3 Å². The highest BCUT2D eigenvalue weighted by molar-refractivity contribution is 5.83. The van der Waals surface area contributed by atoms with Gasteiger partial charge >= 0.3 is 5.63 Å². The van der Waals surface area contributed by atoms with E-state index in [0.29, 0.717) is 17.8 Å². The molecule has 0 amide bonds. The predicted octanol–water partition coefficient (Wildman–Crippen LogP) is 3.87. The van der Waals surface area contributed by atoms with Gasteiger partial charge in [-0.25, -0.2) is 9.18 Å². The van der Waals surface area contributed by atoms with Gasteiger partial charge in [0.1, 0.15) is 11.4 Å². The summed E-state index contributed by atoms with van der Waals surface area (Å²) in [5, 5.41) is 1.00. The van der Waals surface area contributed by atoms with Gasteiger partial charge in [0.05, 0.1) is 5.69 Å². The van der Waals surface area contributed by atoms with Crippen LogP contribution in [0.3, 0.4) is 0 Å². The lowest BCUT2D eigenvalue weighted by atomic mass is 10.0. The van der Waals surface area contributed by atoms with Crippen LogP contribution in [0.2, 0.25) is 0 Å². The van der Waals surface area contributed by atoms with E-state index in [9.17, 15) is 9.18 Å². The van der Waals surface area contributed by atoms with Gasteiger partial charge in [0.15, 0.2) is 0 Å². The highest BCUT2D eigenvalue weighted by atomic mass is 19.1. The van der Waals surface area contributed by atoms with Crippen LogP contribution in [0, 0.1) is 19.7 Å². The molecular weight excluding hydrogens is 343 g/mol. The summed E-state index contributed by atoms with van der Waals surface area (Å²) in [6.07, 6.45) is 0. The molecular formula is C22H23FN2O2. The number of hydrogen-bond donors (Lipinski definition) is 0. The van der Waals surface area contributed by atoms with Crippen LogP contribution in [0.4, 0.5) is 10.1 Å². The second-order valence-electron chi connectivity index (χ2n) is 7.26. The normalized spacial score (nSPS) is 15.4. The Labute approximate surface area is 157 Å². The van der Waals surface area contributed by atoms with Crippen molar-refractivity contribution in [2.45, 2.75) is 20.4 Å². The first-order chi connectivity index (χ1) is 13.0. The van der Waals surface area contributed by atoms with E-state index in [1.54, 1.807) is 12.1 Å². The van der Waals surface area contributed by atoms with E-state index < -0.39 is 0 Å². The Morgan fingerprint density at radius 1 is 1.04 bits per heavy atom. The van der Waals surface area contributed by atoms with Crippen molar-refractivity contribution in [3.8, 4) is 0 Å². The molecule has 0 bridgehead atoms. The number of piperazine rings is 1. The quantitative estimate of drug-likeness (QED) is 0.660. The smallest absolute Gasteiger partial charge is 0.336 e. The van der Waals surface area contributed by atoms with Gasteiger partial charge in [0.2, 0.25) is 0 Å². The first-order valence-corrected chi connectivity index (χ1v) is 9.27. The number of aryl methyl sites for hydroxylation is 2. The highest BCUT2D eigenvalue weighted by Gasteiger charge is 2.20. The maximum absolute atomic E-state index is 14.0. The molecule has 2 heterocycles. The molecule has 1 aliphatic rings. The zero-order valence-corrected chi connectivity index (χ0v) is 15.7. The Hall–Kier alpha value is -2.66. The van der Waals surface area contributed by atoms with Crippen LogP contribution in [0.1, 0.15) is 16.7 Å². The molecule has 2 aromatic carbocycles. The molecule has 0 aliphatic carbocycles. The number of anilines is 1. The second kappa shape index (κ2) is 7.16. The number of fused-ring (bicyclic) bond motifs is 1. The van der Waals surface area contributed by atoms with Crippen LogP contribution < -0.4 is 10.5 Å². The number of halogens is 1. The fraction of sp³-hybridized carbons (Fsp3) is 0.318. The van der Waals surface area contributed by atoms with Gasteiger partial charge in [-0.15, -0.1) is 0 Å². The number of para-hydroxylation sites is 1. The summed E-state index contributed by atoms with van der Waals surface area (Å²) >= 11 is 0. The van der Waals surface area contributed by atoms with Crippen molar-refractivity contribution in [1.29, 1.82) is 0 Å². The van der Waals surface area contributed by atoms with Crippen molar-refractivity contribution in [3.05, 3.63) is 75.4 Å². The van der Waals surface area contributed by atoms with E-state index in [4.69, 9.17) is 4.42 Å². The minimum Gasteiger partial charge on any atom is -0.422 e. The van der Waals surface area contributed by atoms with Gasteiger partial charge < -0.3 is 9.32 Å². The summed E-state index contributed by atoms with van der Waals surface area (Å²) < 4.78 is 19.5. The molecule has 3 aromatic rings. The third kappa shape index (κ3) is 3.60. The van der Waals surface area contributed by atoms with E-state index in [-0.39, 0.29) is 11.4 Å². The third-order valence-corrected chi connectivity index (χ3v) is 5.22. The summed E-state index contributed by atoms with van der Waals surface area (Å²) in [5.41, 5.74) is 4.15. The first-order valence-electron chi connectivity index (χ1n) is 9.27. The van der Waals surface area contributed by atoms with Crippen LogP contribution in [-0.2, 0) is 6.54 Å². The van der Waals surface area contributed by atoms with E-state index in [1.165, 1.54) is 6.07 Å². The van der Waals surface area contributed by atoms with Gasteiger partial charge in [-0.2, -0.15) is 0 Å². The summed E-state index contributed by atoms with van der Waals surface area (Å²) in [5.74, 6) is -0.177. The maximum atomic E-state index is 14.0. The molecule has 0 spiro atoms. The lowest BCUT2D eigenvalue weighted by Crippen LogP contribution is -2.46. The molecule has 0 unspecified atom stereocenters. The Balaban J connectivity index is 1.54. The molecule has 5 heteroatoms. The van der Waals surface area contributed by atoms with Gasteiger partial charge in [-0.3, -0.25) is 4.90 Å². The number of nitrogens with zero attached hydrogens (tertiary/aromatic N) is 2. The van der Waals surface area contributed by atoms with E-state index >= 15 is 0 Å². The number of benzene rings is 2. The third-order valence-electron chi connectivity index (χ3n) is 5.22. The molecule has 0 radical (unpaired) electrons. The molecule has 4 nitrogen and oxygen atoms in total. The second-order valence-corrected chi connectivity index (χ2v) is 7.26. The number of hydrogen-bond acceptors (Lipinski definition) is 4. The maximum Gasteiger partial charge on any atom is 0.336 e. The average molecular weight is 366 g/mol. The van der Waals surface area contributed by atoms with Crippen molar-refractivity contribution in [2.24, 2.45) is 0 Å². The Bertz CT molecular complexity index is 1040. The lowest BCUT2D eigenvalue weighted by Gasteiger charge is -2.36. The molecule has 0 N–H and O–H groups in total. The zero-order chi connectivity index (χ0) is 19.0. The summed E-state index contributed by atoms with van der Waals surface area (Å²) in [6.45, 7) is 7.87. The molecule has 1 aliphatic heterocycles. The Morgan fingerprint density at radius 3 is 2.52 bits per heavy atom. The summed E-state index contributed by atoms with van der Waals surface area (Å²) in [6, 6.07) is 12.6. The van der Waals surface area contributed by atoms with E-state index in [2.05, 4.69) is 22.8 Å². The molecule has 0 saturated carbocycles. The molecule has 1 fully saturated rings. The monoisotopic (exact) mass is 366 g/mol. The van der Waals surface area contributed by atoms with Crippen molar-refractivity contribution in [1.82, 2.24) is 4.90 Å². The van der Waals surface area contributed by atoms with Crippen molar-refractivity contribution in [2.75, 3.05) is 31.1 Å². The van der Waals surface area contributed by atoms with Gasteiger partial charge in [-0.1, -0.05) is 18.2 Å². The summed E-state index contributed by atoms with van der Waals surface area (Å²) in [4.78, 5) is 16.4. The van der Waals surface area contributed by atoms with Crippen LogP contribution >= 0.6 is 0 Å². The standard InChI is InChI=1S/C22H23FN2O2/c1-15-11-16(2)22-18(12-15)17(13-21(26)27-22)14-24-7-9-25(10-8-24)20-6-4-3-5-19(20)23/h3-6,11-13H,7-10,14H2,1-2H3. The Kier molecular flexibility index (Phi) is 4.70. The zero-order valence-electron chi connectivity index (χ0n) is 15.7. The van der Waals surface area contributed by atoms with Crippen LogP contribution in [0.25, 0.3) is 11.0 Å². The largest absolute Gasteiger partial charge is 0.422 e. The van der Waals surface area contributed by atoms with Gasteiger partial charge in [-0.05, 0) is 48.7 Å². The molecule has 27 heavy (non-hydrogen) atoms. The van der Waals surface area contributed by atoms with Crippen molar-refractivity contribution >= 4 is 16.7 Å². The number of rotatable bonds is 3. The fourth-order valence-electron chi connectivity index (χ4n) is 3.91. The van der Waals surface area contributed by atoms with Crippen LogP contribution in [-0.4, -0.2) is 31.1 Å². The van der Waals surface area contributed by atoms with Gasteiger partial charge in [0, 0.05) is 44.2 Å². The van der Waals surface area contributed by atoms with Crippen LogP contribution in [0.5, 0.6) is 0 Å². The minimum atomic E-state index is -0.311. The van der Waals surface area contributed by atoms with Crippen LogP contribution in [0.15, 0.2) is 51.7 Å². The predicted molar refractivity (Wildman–Crippen MR) is 106 cm³/mol. The highest BCUT2D eigenvalue weighted by Crippen LogP contribution is 2.25. The van der Waals surface area contributed by atoms with E-state index in [1.807, 2.05) is 25.1 Å². The minimum absolute atomic E-state index is 0.177. The van der Waals surface area contributed by atoms with Crippen molar-refractivity contribution < 1.29 is 8.81 Å².